The zero-order chi connectivity index (χ0) is 14.1. The van der Waals surface area contributed by atoms with Crippen molar-refractivity contribution in [2.75, 3.05) is 12.8 Å². The van der Waals surface area contributed by atoms with Crippen LogP contribution >= 0.6 is 15.9 Å². The summed E-state index contributed by atoms with van der Waals surface area (Å²) in [5, 5.41) is 1.16. The van der Waals surface area contributed by atoms with Gasteiger partial charge >= 0.3 is 0 Å². The second-order valence-electron chi connectivity index (χ2n) is 4.70. The highest BCUT2D eigenvalue weighted by molar-refractivity contribution is 9.10. The second-order valence-corrected chi connectivity index (χ2v) is 5.55. The van der Waals surface area contributed by atoms with Crippen LogP contribution in [0.15, 0.2) is 53.1 Å². The van der Waals surface area contributed by atoms with Crippen LogP contribution in [0.25, 0.3) is 10.9 Å². The molecular formula is C16H15BrN2O. The molecule has 0 aliphatic carbocycles. The Labute approximate surface area is 126 Å². The Morgan fingerprint density at radius 2 is 2.05 bits per heavy atom. The largest absolute Gasteiger partial charge is 0.496 e. The molecule has 2 N–H and O–H groups in total. The van der Waals surface area contributed by atoms with Gasteiger partial charge in [0, 0.05) is 18.1 Å². The van der Waals surface area contributed by atoms with E-state index in [4.69, 9.17) is 10.5 Å². The first-order valence-corrected chi connectivity index (χ1v) is 7.14. The number of para-hydroxylation sites is 1. The van der Waals surface area contributed by atoms with Gasteiger partial charge in [0.2, 0.25) is 0 Å². The predicted molar refractivity (Wildman–Crippen MR) is 86.1 cm³/mol. The number of nitrogen functional groups attached to an aromatic ring is 1. The lowest BCUT2D eigenvalue weighted by Crippen LogP contribution is -2.00. The fourth-order valence-corrected chi connectivity index (χ4v) is 3.02. The molecule has 0 aliphatic rings. The maximum atomic E-state index is 6.08. The first-order valence-electron chi connectivity index (χ1n) is 6.35. The van der Waals surface area contributed by atoms with E-state index in [9.17, 15) is 0 Å². The van der Waals surface area contributed by atoms with Crippen LogP contribution in [0.4, 0.5) is 5.69 Å². The van der Waals surface area contributed by atoms with Crippen LogP contribution in [0, 0.1) is 0 Å². The normalized spacial score (nSPS) is 10.9. The number of fused-ring (bicyclic) bond motifs is 1. The van der Waals surface area contributed by atoms with Gasteiger partial charge in [-0.2, -0.15) is 0 Å². The Bertz CT molecular complexity index is 764. The minimum absolute atomic E-state index is 0.778. The van der Waals surface area contributed by atoms with Gasteiger partial charge in [-0.3, -0.25) is 0 Å². The van der Waals surface area contributed by atoms with Crippen LogP contribution in [-0.4, -0.2) is 11.7 Å². The van der Waals surface area contributed by atoms with Crippen molar-refractivity contribution in [3.05, 3.63) is 58.7 Å². The molecule has 1 aromatic heterocycles. The monoisotopic (exact) mass is 330 g/mol. The number of rotatable bonds is 3. The summed E-state index contributed by atoms with van der Waals surface area (Å²) in [5.41, 5.74) is 9.16. The molecule has 0 fully saturated rings. The summed E-state index contributed by atoms with van der Waals surface area (Å²) in [6.45, 7) is 0.778. The van der Waals surface area contributed by atoms with Crippen LogP contribution in [0.5, 0.6) is 5.75 Å². The number of benzene rings is 2. The van der Waals surface area contributed by atoms with Crippen molar-refractivity contribution < 1.29 is 4.74 Å². The molecule has 0 spiro atoms. The Balaban J connectivity index is 1.99. The van der Waals surface area contributed by atoms with Crippen molar-refractivity contribution in [3.63, 3.8) is 0 Å². The van der Waals surface area contributed by atoms with Crippen molar-refractivity contribution in [3.8, 4) is 5.75 Å². The van der Waals surface area contributed by atoms with Gasteiger partial charge in [-0.1, -0.05) is 18.2 Å². The molecule has 1 heterocycles. The quantitative estimate of drug-likeness (QED) is 0.736. The molecule has 0 aliphatic heterocycles. The lowest BCUT2D eigenvalue weighted by atomic mass is 10.2. The van der Waals surface area contributed by atoms with E-state index < -0.39 is 0 Å². The molecule has 0 amide bonds. The van der Waals surface area contributed by atoms with Crippen molar-refractivity contribution in [2.45, 2.75) is 6.54 Å². The SMILES string of the molecule is COc1ccc(Cn2ccc3cccc(N)c32)cc1Br. The maximum Gasteiger partial charge on any atom is 0.133 e. The molecule has 0 saturated carbocycles. The van der Waals surface area contributed by atoms with E-state index in [0.29, 0.717) is 0 Å². The van der Waals surface area contributed by atoms with Crippen LogP contribution < -0.4 is 10.5 Å². The molecule has 2 aromatic carbocycles. The van der Waals surface area contributed by atoms with Crippen molar-refractivity contribution >= 4 is 32.5 Å². The predicted octanol–water partition coefficient (Wildman–Crippen LogP) is 4.04. The molecule has 0 bridgehead atoms. The third kappa shape index (κ3) is 2.27. The van der Waals surface area contributed by atoms with Gasteiger partial charge < -0.3 is 15.0 Å². The van der Waals surface area contributed by atoms with Gasteiger partial charge in [0.25, 0.3) is 0 Å². The number of ether oxygens (including phenoxy) is 1. The van der Waals surface area contributed by atoms with Crippen molar-refractivity contribution in [1.29, 1.82) is 0 Å². The molecule has 0 unspecified atom stereocenters. The van der Waals surface area contributed by atoms with Gasteiger partial charge in [-0.05, 0) is 45.8 Å². The second kappa shape index (κ2) is 5.21. The van der Waals surface area contributed by atoms with Gasteiger partial charge in [0.15, 0.2) is 0 Å². The average molecular weight is 331 g/mol. The number of nitrogens with two attached hydrogens (primary N) is 1. The van der Waals surface area contributed by atoms with E-state index in [0.717, 1.165) is 33.4 Å². The molecule has 102 valence electrons. The van der Waals surface area contributed by atoms with E-state index in [2.05, 4.69) is 51.0 Å². The first kappa shape index (κ1) is 13.1. The van der Waals surface area contributed by atoms with E-state index in [1.807, 2.05) is 18.2 Å². The smallest absolute Gasteiger partial charge is 0.133 e. The van der Waals surface area contributed by atoms with E-state index in [1.165, 1.54) is 5.56 Å². The fourth-order valence-electron chi connectivity index (χ4n) is 2.43. The number of hydrogen-bond acceptors (Lipinski definition) is 2. The standard InChI is InChI=1S/C16H15BrN2O/c1-20-15-6-5-11(9-13(15)17)10-19-8-7-12-3-2-4-14(18)16(12)19/h2-9H,10,18H2,1H3. The summed E-state index contributed by atoms with van der Waals surface area (Å²) in [6.07, 6.45) is 2.07. The van der Waals surface area contributed by atoms with Crippen LogP contribution in [0.3, 0.4) is 0 Å². The lowest BCUT2D eigenvalue weighted by Gasteiger charge is -2.09. The zero-order valence-corrected chi connectivity index (χ0v) is 12.7. The minimum atomic E-state index is 0.778. The molecular weight excluding hydrogens is 316 g/mol. The van der Waals surface area contributed by atoms with Gasteiger partial charge in [-0.25, -0.2) is 0 Å². The van der Waals surface area contributed by atoms with Crippen LogP contribution in [0.1, 0.15) is 5.56 Å². The van der Waals surface area contributed by atoms with Crippen molar-refractivity contribution in [2.24, 2.45) is 0 Å². The maximum absolute atomic E-state index is 6.08. The number of anilines is 1. The number of nitrogens with zero attached hydrogens (tertiary/aromatic N) is 1. The van der Waals surface area contributed by atoms with E-state index in [-0.39, 0.29) is 0 Å². The summed E-state index contributed by atoms with van der Waals surface area (Å²) in [7, 11) is 1.67. The fraction of sp³-hybridized carbons (Fsp3) is 0.125. The summed E-state index contributed by atoms with van der Waals surface area (Å²) in [5.74, 6) is 0.839. The highest BCUT2D eigenvalue weighted by Crippen LogP contribution is 2.27. The van der Waals surface area contributed by atoms with Gasteiger partial charge in [-0.15, -0.1) is 0 Å². The van der Waals surface area contributed by atoms with E-state index in [1.54, 1.807) is 7.11 Å². The van der Waals surface area contributed by atoms with Gasteiger partial charge in [0.1, 0.15) is 5.75 Å². The molecule has 0 atom stereocenters. The molecule has 0 saturated heterocycles. The summed E-state index contributed by atoms with van der Waals surface area (Å²) in [6, 6.07) is 14.2. The third-order valence-electron chi connectivity index (χ3n) is 3.39. The van der Waals surface area contributed by atoms with Crippen LogP contribution in [0.2, 0.25) is 0 Å². The summed E-state index contributed by atoms with van der Waals surface area (Å²) < 4.78 is 8.38. The Hall–Kier alpha value is -1.94. The van der Waals surface area contributed by atoms with Crippen molar-refractivity contribution in [1.82, 2.24) is 4.57 Å². The number of halogens is 1. The first-order chi connectivity index (χ1) is 9.69. The zero-order valence-electron chi connectivity index (χ0n) is 11.1. The Morgan fingerprint density at radius 1 is 1.20 bits per heavy atom. The number of hydrogen-bond donors (Lipinski definition) is 1. The molecule has 0 radical (unpaired) electrons. The summed E-state index contributed by atoms with van der Waals surface area (Å²) in [4.78, 5) is 0. The highest BCUT2D eigenvalue weighted by Gasteiger charge is 2.06. The summed E-state index contributed by atoms with van der Waals surface area (Å²) >= 11 is 3.52. The van der Waals surface area contributed by atoms with Crippen LogP contribution in [-0.2, 0) is 6.54 Å². The Morgan fingerprint density at radius 3 is 2.80 bits per heavy atom. The Kier molecular flexibility index (Phi) is 3.40. The molecule has 3 rings (SSSR count). The molecule has 3 nitrogen and oxygen atoms in total. The molecule has 4 heteroatoms. The van der Waals surface area contributed by atoms with E-state index >= 15 is 0 Å². The third-order valence-corrected chi connectivity index (χ3v) is 4.01. The average Bonchev–Trinajstić information content (AvgIpc) is 2.84. The highest BCUT2D eigenvalue weighted by atomic mass is 79.9. The minimum Gasteiger partial charge on any atom is -0.496 e. The van der Waals surface area contributed by atoms with Gasteiger partial charge in [0.05, 0.1) is 22.8 Å². The topological polar surface area (TPSA) is 40.2 Å². The molecule has 3 aromatic rings. The molecule has 20 heavy (non-hydrogen) atoms. The number of aromatic nitrogens is 1. The number of methoxy groups -OCH3 is 1. The lowest BCUT2D eigenvalue weighted by molar-refractivity contribution is 0.412.